The van der Waals surface area contributed by atoms with Gasteiger partial charge in [-0.05, 0) is 37.5 Å². The monoisotopic (exact) mass is 433 g/mol. The number of thiazole rings is 1. The lowest BCUT2D eigenvalue weighted by atomic mass is 9.96. The Morgan fingerprint density at radius 2 is 1.87 bits per heavy atom. The molecule has 3 atom stereocenters. The zero-order valence-electron chi connectivity index (χ0n) is 17.7. The fourth-order valence-electron chi connectivity index (χ4n) is 4.88. The number of fused-ring (bicyclic) bond motifs is 1. The molecule has 0 radical (unpaired) electrons. The van der Waals surface area contributed by atoms with Crippen molar-refractivity contribution in [3.05, 3.63) is 65.2 Å². The number of rotatable bonds is 4. The number of amides is 2. The summed E-state index contributed by atoms with van der Waals surface area (Å²) in [4.78, 5) is 34.7. The number of benzene rings is 2. The second-order valence-electron chi connectivity index (χ2n) is 8.68. The molecule has 6 heteroatoms. The van der Waals surface area contributed by atoms with Gasteiger partial charge in [0.1, 0.15) is 0 Å². The number of carbonyl (C=O) groups is 2. The number of likely N-dealkylation sites (tertiary alicyclic amines) is 2. The largest absolute Gasteiger partial charge is 0.342 e. The normalized spacial score (nSPS) is 22.8. The molecule has 0 unspecified atom stereocenters. The Hall–Kier alpha value is -2.73. The van der Waals surface area contributed by atoms with E-state index in [2.05, 4.69) is 6.07 Å². The molecule has 0 saturated carbocycles. The highest BCUT2D eigenvalue weighted by molar-refractivity contribution is 7.18. The van der Waals surface area contributed by atoms with E-state index in [9.17, 15) is 9.59 Å². The van der Waals surface area contributed by atoms with Crippen LogP contribution in [0.1, 0.15) is 48.7 Å². The van der Waals surface area contributed by atoms with E-state index in [1.807, 2.05) is 65.3 Å². The lowest BCUT2D eigenvalue weighted by molar-refractivity contribution is -0.137. The van der Waals surface area contributed by atoms with Gasteiger partial charge in [0.2, 0.25) is 11.8 Å². The Labute approximate surface area is 186 Å². The van der Waals surface area contributed by atoms with Gasteiger partial charge in [0.05, 0.1) is 27.2 Å². The van der Waals surface area contributed by atoms with Crippen molar-refractivity contribution in [2.24, 2.45) is 5.92 Å². The summed E-state index contributed by atoms with van der Waals surface area (Å²) in [6.45, 7) is 4.04. The highest BCUT2D eigenvalue weighted by atomic mass is 32.1. The molecular weight excluding hydrogens is 406 g/mol. The van der Waals surface area contributed by atoms with E-state index in [1.165, 1.54) is 4.70 Å². The Balaban J connectivity index is 1.27. The second kappa shape index (κ2) is 8.42. The maximum atomic E-state index is 13.3. The summed E-state index contributed by atoms with van der Waals surface area (Å²) in [5, 5.41) is 1.13. The van der Waals surface area contributed by atoms with Crippen molar-refractivity contribution in [2.75, 3.05) is 19.6 Å². The third-order valence-corrected chi connectivity index (χ3v) is 7.85. The van der Waals surface area contributed by atoms with Crippen LogP contribution in [0.4, 0.5) is 0 Å². The van der Waals surface area contributed by atoms with E-state index >= 15 is 0 Å². The number of carbonyl (C=O) groups excluding carboxylic acids is 2. The van der Waals surface area contributed by atoms with Crippen LogP contribution < -0.4 is 0 Å². The van der Waals surface area contributed by atoms with Crippen molar-refractivity contribution >= 4 is 33.4 Å². The lowest BCUT2D eigenvalue weighted by Gasteiger charge is -2.33. The van der Waals surface area contributed by atoms with Crippen LogP contribution in [0.2, 0.25) is 0 Å². The molecule has 2 amide bonds. The minimum absolute atomic E-state index is 0.0108. The fourth-order valence-corrected chi connectivity index (χ4v) is 5.98. The van der Waals surface area contributed by atoms with E-state index < -0.39 is 0 Å². The van der Waals surface area contributed by atoms with E-state index in [4.69, 9.17) is 4.98 Å². The SMILES string of the molecule is C[C@H](c1ccccc1)N1C[C@H](C(=O)N2CCC[C@H](c3nc4ccccc4s3)C2)CC1=O. The van der Waals surface area contributed by atoms with Gasteiger partial charge >= 0.3 is 0 Å². The minimum Gasteiger partial charge on any atom is -0.342 e. The molecule has 0 N–H and O–H groups in total. The van der Waals surface area contributed by atoms with Gasteiger partial charge in [0.25, 0.3) is 0 Å². The van der Waals surface area contributed by atoms with Gasteiger partial charge in [-0.25, -0.2) is 4.98 Å². The van der Waals surface area contributed by atoms with Crippen LogP contribution in [0.5, 0.6) is 0 Å². The summed E-state index contributed by atoms with van der Waals surface area (Å²) in [5.74, 6) is 0.246. The fraction of sp³-hybridized carbons (Fsp3) is 0.400. The number of para-hydroxylation sites is 1. The van der Waals surface area contributed by atoms with Gasteiger partial charge in [-0.15, -0.1) is 11.3 Å². The topological polar surface area (TPSA) is 53.5 Å². The number of nitrogens with zero attached hydrogens (tertiary/aromatic N) is 3. The molecule has 2 saturated heterocycles. The highest BCUT2D eigenvalue weighted by Gasteiger charge is 2.40. The van der Waals surface area contributed by atoms with Crippen LogP contribution in [-0.4, -0.2) is 46.2 Å². The quantitative estimate of drug-likeness (QED) is 0.604. The number of hydrogen-bond acceptors (Lipinski definition) is 4. The Bertz CT molecular complexity index is 1060. The molecule has 5 nitrogen and oxygen atoms in total. The molecule has 0 spiro atoms. The van der Waals surface area contributed by atoms with Crippen molar-refractivity contribution < 1.29 is 9.59 Å². The Kier molecular flexibility index (Phi) is 5.48. The summed E-state index contributed by atoms with van der Waals surface area (Å²) < 4.78 is 1.20. The molecule has 3 heterocycles. The van der Waals surface area contributed by atoms with Crippen LogP contribution in [0.15, 0.2) is 54.6 Å². The van der Waals surface area contributed by atoms with E-state index in [0.29, 0.717) is 19.5 Å². The Morgan fingerprint density at radius 1 is 1.10 bits per heavy atom. The van der Waals surface area contributed by atoms with Crippen molar-refractivity contribution in [1.82, 2.24) is 14.8 Å². The van der Waals surface area contributed by atoms with Crippen molar-refractivity contribution in [3.8, 4) is 0 Å². The standard InChI is InChI=1S/C25H27N3O2S/c1-17(18-8-3-2-4-9-18)28-16-20(14-23(28)29)25(30)27-13-7-10-19(15-27)24-26-21-11-5-6-12-22(21)31-24/h2-6,8-9,11-12,17,19-20H,7,10,13-16H2,1H3/t17-,19+,20-/m1/s1. The van der Waals surface area contributed by atoms with Gasteiger partial charge in [-0.1, -0.05) is 42.5 Å². The first-order chi connectivity index (χ1) is 15.1. The summed E-state index contributed by atoms with van der Waals surface area (Å²) in [6, 6.07) is 18.2. The van der Waals surface area contributed by atoms with Gasteiger partial charge < -0.3 is 9.80 Å². The van der Waals surface area contributed by atoms with Gasteiger partial charge in [-0.3, -0.25) is 9.59 Å². The van der Waals surface area contributed by atoms with Crippen LogP contribution in [0.3, 0.4) is 0 Å². The molecule has 2 aromatic carbocycles. The smallest absolute Gasteiger partial charge is 0.228 e. The third kappa shape index (κ3) is 3.97. The van der Waals surface area contributed by atoms with Crippen LogP contribution in [0.25, 0.3) is 10.2 Å². The summed E-state index contributed by atoms with van der Waals surface area (Å²) >= 11 is 1.74. The number of hydrogen-bond donors (Lipinski definition) is 0. The van der Waals surface area contributed by atoms with Crippen LogP contribution >= 0.6 is 11.3 Å². The molecule has 0 aliphatic carbocycles. The first kappa shape index (κ1) is 20.2. The summed E-state index contributed by atoms with van der Waals surface area (Å²) in [6.07, 6.45) is 2.36. The van der Waals surface area contributed by atoms with Gasteiger partial charge in [0, 0.05) is 32.0 Å². The zero-order chi connectivity index (χ0) is 21.4. The number of piperidine rings is 1. The summed E-state index contributed by atoms with van der Waals surface area (Å²) in [5.41, 5.74) is 2.15. The molecule has 3 aromatic rings. The average molecular weight is 434 g/mol. The molecule has 2 fully saturated rings. The van der Waals surface area contributed by atoms with Gasteiger partial charge in [0.15, 0.2) is 0 Å². The molecule has 5 rings (SSSR count). The molecule has 2 aliphatic heterocycles. The zero-order valence-corrected chi connectivity index (χ0v) is 18.6. The molecule has 2 aliphatic rings. The number of aromatic nitrogens is 1. The van der Waals surface area contributed by atoms with Crippen LogP contribution in [-0.2, 0) is 9.59 Å². The predicted octanol–water partition coefficient (Wildman–Crippen LogP) is 4.61. The highest BCUT2D eigenvalue weighted by Crippen LogP contribution is 2.35. The predicted molar refractivity (Wildman–Crippen MR) is 123 cm³/mol. The maximum absolute atomic E-state index is 13.3. The molecule has 0 bridgehead atoms. The third-order valence-electron chi connectivity index (χ3n) is 6.65. The first-order valence-corrected chi connectivity index (χ1v) is 11.9. The van der Waals surface area contributed by atoms with Crippen LogP contribution in [0, 0.1) is 5.92 Å². The van der Waals surface area contributed by atoms with Crippen molar-refractivity contribution in [2.45, 2.75) is 38.1 Å². The molecule has 31 heavy (non-hydrogen) atoms. The van der Waals surface area contributed by atoms with Crippen molar-refractivity contribution in [3.63, 3.8) is 0 Å². The van der Waals surface area contributed by atoms with E-state index in [0.717, 1.165) is 35.5 Å². The summed E-state index contributed by atoms with van der Waals surface area (Å²) in [7, 11) is 0. The van der Waals surface area contributed by atoms with E-state index in [-0.39, 0.29) is 29.7 Å². The van der Waals surface area contributed by atoms with Crippen molar-refractivity contribution in [1.29, 1.82) is 0 Å². The molecule has 1 aromatic heterocycles. The van der Waals surface area contributed by atoms with Gasteiger partial charge in [-0.2, -0.15) is 0 Å². The molecule has 160 valence electrons. The molecular formula is C25H27N3O2S. The Morgan fingerprint density at radius 3 is 2.68 bits per heavy atom. The maximum Gasteiger partial charge on any atom is 0.228 e. The average Bonchev–Trinajstić information content (AvgIpc) is 3.42. The first-order valence-electron chi connectivity index (χ1n) is 11.1. The van der Waals surface area contributed by atoms with E-state index in [1.54, 1.807) is 11.3 Å². The minimum atomic E-state index is -0.243. The second-order valence-corrected chi connectivity index (χ2v) is 9.74. The lowest BCUT2D eigenvalue weighted by Crippen LogP contribution is -2.43.